The minimum atomic E-state index is -1.15. The van der Waals surface area contributed by atoms with Gasteiger partial charge in [-0.05, 0) is 76.0 Å². The Morgan fingerprint density at radius 3 is 1.68 bits per heavy atom. The summed E-state index contributed by atoms with van der Waals surface area (Å²) in [6.07, 6.45) is 5.50. The van der Waals surface area contributed by atoms with E-state index in [9.17, 15) is 24.3 Å². The minimum absolute atomic E-state index is 0.288. The van der Waals surface area contributed by atoms with Crippen molar-refractivity contribution in [1.29, 1.82) is 0 Å². The number of rotatable bonds is 19. The lowest BCUT2D eigenvalue weighted by Gasteiger charge is -2.26. The molecule has 0 saturated carbocycles. The molecule has 0 bridgehead atoms. The average Bonchev–Trinajstić information content (AvgIpc) is 2.78. The molecule has 0 saturated heterocycles. The van der Waals surface area contributed by atoms with Gasteiger partial charge in [-0.1, -0.05) is 13.8 Å². The van der Waals surface area contributed by atoms with Crippen LogP contribution in [-0.4, -0.2) is 78.1 Å². The van der Waals surface area contributed by atoms with Gasteiger partial charge in [0.1, 0.15) is 18.1 Å². The number of carboxylic acids is 1. The number of thioether (sulfide) groups is 1. The largest absolute Gasteiger partial charge is 0.480 e. The van der Waals surface area contributed by atoms with Crippen LogP contribution in [0, 0.1) is 5.92 Å². The van der Waals surface area contributed by atoms with Gasteiger partial charge < -0.3 is 38.3 Å². The van der Waals surface area contributed by atoms with Gasteiger partial charge in [0, 0.05) is 0 Å². The number of carbonyl (C=O) groups is 4. The van der Waals surface area contributed by atoms with Crippen molar-refractivity contribution in [1.82, 2.24) is 16.0 Å². The Kier molecular flexibility index (Phi) is 17.4. The molecule has 198 valence electrons. The van der Waals surface area contributed by atoms with E-state index in [1.54, 1.807) is 25.6 Å². The summed E-state index contributed by atoms with van der Waals surface area (Å²) in [6.45, 7) is 4.25. The molecule has 0 aliphatic heterocycles. The first-order valence-electron chi connectivity index (χ1n) is 11.9. The molecule has 0 aliphatic rings. The SMILES string of the molecule is CSCCC(N)C(=O)NC(CCCCN)C(=O)NC(CCCCN)C(=O)NC(C(=O)O)C(C)C. The monoisotopic (exact) mass is 504 g/mol. The molecule has 0 fully saturated rings. The van der Waals surface area contributed by atoms with Crippen molar-refractivity contribution in [3.8, 4) is 0 Å². The lowest BCUT2D eigenvalue weighted by Crippen LogP contribution is -2.57. The topological polar surface area (TPSA) is 203 Å². The van der Waals surface area contributed by atoms with E-state index in [4.69, 9.17) is 17.2 Å². The fourth-order valence-electron chi connectivity index (χ4n) is 3.22. The Labute approximate surface area is 207 Å². The highest BCUT2D eigenvalue weighted by molar-refractivity contribution is 7.98. The van der Waals surface area contributed by atoms with E-state index < -0.39 is 47.9 Å². The first-order chi connectivity index (χ1) is 16.1. The normalized spacial score (nSPS) is 14.7. The van der Waals surface area contributed by atoms with Gasteiger partial charge in [0.25, 0.3) is 0 Å². The zero-order chi connectivity index (χ0) is 26.1. The summed E-state index contributed by atoms with van der Waals surface area (Å²) in [5, 5.41) is 17.3. The van der Waals surface area contributed by atoms with Gasteiger partial charge in [-0.15, -0.1) is 0 Å². The van der Waals surface area contributed by atoms with Gasteiger partial charge in [0.15, 0.2) is 0 Å². The van der Waals surface area contributed by atoms with Crippen LogP contribution in [0.2, 0.25) is 0 Å². The van der Waals surface area contributed by atoms with Crippen molar-refractivity contribution in [3.05, 3.63) is 0 Å². The summed E-state index contributed by atoms with van der Waals surface area (Å²) in [5.74, 6) is -2.32. The molecule has 0 aromatic heterocycles. The average molecular weight is 505 g/mol. The fraction of sp³-hybridized carbons (Fsp3) is 0.818. The van der Waals surface area contributed by atoms with E-state index >= 15 is 0 Å². The molecule has 0 aromatic rings. The molecule has 3 amide bonds. The summed E-state index contributed by atoms with van der Waals surface area (Å²) in [4.78, 5) is 50.0. The Balaban J connectivity index is 5.46. The zero-order valence-electron chi connectivity index (χ0n) is 20.7. The van der Waals surface area contributed by atoms with Crippen LogP contribution in [0.15, 0.2) is 0 Å². The molecule has 4 atom stereocenters. The number of nitrogens with one attached hydrogen (secondary N) is 3. The number of carboxylic acid groups (broad SMARTS) is 1. The zero-order valence-corrected chi connectivity index (χ0v) is 21.5. The highest BCUT2D eigenvalue weighted by Crippen LogP contribution is 2.08. The van der Waals surface area contributed by atoms with E-state index in [2.05, 4.69) is 16.0 Å². The molecule has 0 spiro atoms. The molecule has 11 nitrogen and oxygen atoms in total. The third-order valence-corrected chi connectivity index (χ3v) is 6.00. The van der Waals surface area contributed by atoms with Crippen molar-refractivity contribution in [2.24, 2.45) is 23.1 Å². The van der Waals surface area contributed by atoms with Gasteiger partial charge in [-0.25, -0.2) is 4.79 Å². The third-order valence-electron chi connectivity index (χ3n) is 5.36. The number of unbranched alkanes of at least 4 members (excludes halogenated alkanes) is 2. The highest BCUT2D eigenvalue weighted by Gasteiger charge is 2.30. The molecule has 10 N–H and O–H groups in total. The van der Waals surface area contributed by atoms with Gasteiger partial charge in [0.2, 0.25) is 17.7 Å². The molecular formula is C22H44N6O5S. The number of aliphatic carboxylic acids is 1. The van der Waals surface area contributed by atoms with Crippen LogP contribution in [0.5, 0.6) is 0 Å². The number of hydrogen-bond acceptors (Lipinski definition) is 8. The summed E-state index contributed by atoms with van der Waals surface area (Å²) in [5.41, 5.74) is 17.0. The molecule has 0 aromatic carbocycles. The molecule has 12 heteroatoms. The number of nitrogens with two attached hydrogens (primary N) is 3. The smallest absolute Gasteiger partial charge is 0.326 e. The summed E-state index contributed by atoms with van der Waals surface area (Å²) in [6, 6.07) is -3.68. The van der Waals surface area contributed by atoms with Gasteiger partial charge in [0.05, 0.1) is 6.04 Å². The molecule has 0 heterocycles. The fourth-order valence-corrected chi connectivity index (χ4v) is 3.71. The van der Waals surface area contributed by atoms with Crippen LogP contribution in [0.25, 0.3) is 0 Å². The molecule has 34 heavy (non-hydrogen) atoms. The van der Waals surface area contributed by atoms with Crippen molar-refractivity contribution >= 4 is 35.5 Å². The van der Waals surface area contributed by atoms with E-state index in [1.807, 2.05) is 6.26 Å². The van der Waals surface area contributed by atoms with Crippen molar-refractivity contribution < 1.29 is 24.3 Å². The first kappa shape index (κ1) is 32.1. The van der Waals surface area contributed by atoms with Crippen molar-refractivity contribution in [2.45, 2.75) is 83.0 Å². The third kappa shape index (κ3) is 13.1. The van der Waals surface area contributed by atoms with E-state index in [0.29, 0.717) is 57.4 Å². The number of amides is 3. The Bertz CT molecular complexity index is 637. The maximum absolute atomic E-state index is 13.1. The minimum Gasteiger partial charge on any atom is -0.480 e. The molecule has 0 aliphatic carbocycles. The lowest BCUT2D eigenvalue weighted by molar-refractivity contribution is -0.143. The van der Waals surface area contributed by atoms with Gasteiger partial charge in [-0.2, -0.15) is 11.8 Å². The maximum atomic E-state index is 13.1. The van der Waals surface area contributed by atoms with Crippen LogP contribution < -0.4 is 33.2 Å². The van der Waals surface area contributed by atoms with E-state index in [1.165, 1.54) is 0 Å². The van der Waals surface area contributed by atoms with E-state index in [-0.39, 0.29) is 12.3 Å². The quantitative estimate of drug-likeness (QED) is 0.113. The molecule has 0 rings (SSSR count). The lowest BCUT2D eigenvalue weighted by atomic mass is 10.0. The van der Waals surface area contributed by atoms with Crippen LogP contribution in [0.3, 0.4) is 0 Å². The summed E-state index contributed by atoms with van der Waals surface area (Å²) in [7, 11) is 0. The number of hydrogen-bond donors (Lipinski definition) is 7. The van der Waals surface area contributed by atoms with Gasteiger partial charge >= 0.3 is 5.97 Å². The maximum Gasteiger partial charge on any atom is 0.326 e. The molecule has 4 unspecified atom stereocenters. The second-order valence-electron chi connectivity index (χ2n) is 8.65. The molecular weight excluding hydrogens is 460 g/mol. The second kappa shape index (κ2) is 18.4. The Hall–Kier alpha value is -1.89. The summed E-state index contributed by atoms with van der Waals surface area (Å²) >= 11 is 1.57. The van der Waals surface area contributed by atoms with E-state index in [0.717, 1.165) is 0 Å². The molecule has 0 radical (unpaired) electrons. The standard InChI is InChI=1S/C22H44N6O5S/c1-14(2)18(22(32)33)28-21(31)17(9-5-7-12-24)27-20(30)16(8-4-6-11-23)26-19(29)15(25)10-13-34-3/h14-18H,4-13,23-25H2,1-3H3,(H,26,29)(H,27,30)(H,28,31)(H,32,33). The predicted molar refractivity (Wildman–Crippen MR) is 135 cm³/mol. The summed E-state index contributed by atoms with van der Waals surface area (Å²) < 4.78 is 0. The van der Waals surface area contributed by atoms with Crippen molar-refractivity contribution in [3.63, 3.8) is 0 Å². The van der Waals surface area contributed by atoms with Crippen LogP contribution in [-0.2, 0) is 19.2 Å². The Morgan fingerprint density at radius 1 is 0.794 bits per heavy atom. The highest BCUT2D eigenvalue weighted by atomic mass is 32.2. The second-order valence-corrected chi connectivity index (χ2v) is 9.63. The first-order valence-corrected chi connectivity index (χ1v) is 13.3. The number of carbonyl (C=O) groups excluding carboxylic acids is 3. The van der Waals surface area contributed by atoms with Crippen LogP contribution >= 0.6 is 11.8 Å². The van der Waals surface area contributed by atoms with Gasteiger partial charge in [-0.3, -0.25) is 14.4 Å². The predicted octanol–water partition coefficient (Wildman–Crippen LogP) is -0.480. The Morgan fingerprint density at radius 2 is 1.26 bits per heavy atom. The van der Waals surface area contributed by atoms with Crippen molar-refractivity contribution in [2.75, 3.05) is 25.1 Å². The van der Waals surface area contributed by atoms with Crippen LogP contribution in [0.4, 0.5) is 0 Å². The van der Waals surface area contributed by atoms with Crippen LogP contribution in [0.1, 0.15) is 58.8 Å².